The molecular weight excluding hydrogens is 284 g/mol. The van der Waals surface area contributed by atoms with Crippen molar-refractivity contribution < 1.29 is 18.4 Å². The lowest BCUT2D eigenvalue weighted by molar-refractivity contribution is -0.384. The van der Waals surface area contributed by atoms with Gasteiger partial charge in [-0.1, -0.05) is 12.1 Å². The minimum atomic E-state index is -0.732. The number of benzene rings is 2. The molecule has 0 aliphatic rings. The van der Waals surface area contributed by atoms with Crippen LogP contribution in [0.2, 0.25) is 0 Å². The van der Waals surface area contributed by atoms with E-state index in [1.807, 2.05) is 0 Å². The van der Waals surface area contributed by atoms with Gasteiger partial charge in [-0.25, -0.2) is 8.78 Å². The lowest BCUT2D eigenvalue weighted by Crippen LogP contribution is -2.12. The number of hydrogen-bond donors (Lipinski definition) is 2. The quantitative estimate of drug-likeness (QED) is 0.503. The zero-order valence-electron chi connectivity index (χ0n) is 10.7. The highest BCUT2D eigenvalue weighted by molar-refractivity contribution is 5.65. The molecule has 0 spiro atoms. The second-order valence-corrected chi connectivity index (χ2v) is 4.08. The Bertz CT molecular complexity index is 680. The number of nitro groups is 1. The molecule has 6 nitrogen and oxygen atoms in total. The van der Waals surface area contributed by atoms with Crippen LogP contribution in [-0.2, 0) is 6.61 Å². The highest BCUT2D eigenvalue weighted by Gasteiger charge is 2.17. The number of anilines is 1. The highest BCUT2D eigenvalue weighted by Crippen LogP contribution is 2.28. The van der Waals surface area contributed by atoms with Crippen molar-refractivity contribution in [2.24, 2.45) is 5.84 Å². The van der Waals surface area contributed by atoms with E-state index in [2.05, 4.69) is 5.43 Å². The molecule has 2 aromatic rings. The summed E-state index contributed by atoms with van der Waals surface area (Å²) >= 11 is 0. The summed E-state index contributed by atoms with van der Waals surface area (Å²) in [5.41, 5.74) is 2.38. The Balaban J connectivity index is 2.26. The fraction of sp³-hybridized carbons (Fsp3) is 0.0769. The second-order valence-electron chi connectivity index (χ2n) is 4.08. The molecule has 2 rings (SSSR count). The van der Waals surface area contributed by atoms with E-state index in [0.717, 1.165) is 18.2 Å². The molecule has 2 aromatic carbocycles. The van der Waals surface area contributed by atoms with Gasteiger partial charge in [0.1, 0.15) is 18.1 Å². The lowest BCUT2D eigenvalue weighted by Gasteiger charge is -2.11. The predicted octanol–water partition coefficient (Wildman–Crippen LogP) is 2.74. The summed E-state index contributed by atoms with van der Waals surface area (Å²) in [7, 11) is 0. The van der Waals surface area contributed by atoms with Crippen molar-refractivity contribution in [3.8, 4) is 5.75 Å². The molecule has 0 unspecified atom stereocenters. The first-order valence-electron chi connectivity index (χ1n) is 5.83. The van der Waals surface area contributed by atoms with Crippen molar-refractivity contribution in [3.05, 3.63) is 63.7 Å². The number of para-hydroxylation sites is 1. The van der Waals surface area contributed by atoms with Gasteiger partial charge in [0.05, 0.1) is 4.92 Å². The van der Waals surface area contributed by atoms with Crippen LogP contribution in [-0.4, -0.2) is 4.92 Å². The molecule has 21 heavy (non-hydrogen) atoms. The third kappa shape index (κ3) is 3.23. The topological polar surface area (TPSA) is 90.4 Å². The third-order valence-corrected chi connectivity index (χ3v) is 2.75. The van der Waals surface area contributed by atoms with Crippen molar-refractivity contribution in [2.45, 2.75) is 6.61 Å². The number of rotatable bonds is 5. The minimum Gasteiger partial charge on any atom is -0.486 e. The normalized spacial score (nSPS) is 10.2. The molecule has 0 bridgehead atoms. The molecule has 0 heterocycles. The van der Waals surface area contributed by atoms with E-state index in [4.69, 9.17) is 10.6 Å². The number of ether oxygens (including phenoxy) is 1. The predicted molar refractivity (Wildman–Crippen MR) is 71.6 cm³/mol. The second kappa shape index (κ2) is 6.14. The first-order chi connectivity index (χ1) is 10.0. The molecular formula is C13H11F2N3O3. The number of nitro benzene ring substituents is 1. The van der Waals surface area contributed by atoms with Gasteiger partial charge in [-0.2, -0.15) is 0 Å². The molecule has 0 aliphatic heterocycles. The molecule has 0 radical (unpaired) electrons. The van der Waals surface area contributed by atoms with E-state index < -0.39 is 16.6 Å². The van der Waals surface area contributed by atoms with Gasteiger partial charge in [0.15, 0.2) is 11.6 Å². The summed E-state index contributed by atoms with van der Waals surface area (Å²) in [5, 5.41) is 10.9. The summed E-state index contributed by atoms with van der Waals surface area (Å²) in [6.45, 7) is -0.207. The Kier molecular flexibility index (Phi) is 4.29. The van der Waals surface area contributed by atoms with Crippen molar-refractivity contribution in [1.82, 2.24) is 0 Å². The van der Waals surface area contributed by atoms with Crippen LogP contribution < -0.4 is 16.0 Å². The minimum absolute atomic E-state index is 0.0549. The zero-order chi connectivity index (χ0) is 15.4. The summed E-state index contributed by atoms with van der Waals surface area (Å²) < 4.78 is 31.6. The van der Waals surface area contributed by atoms with E-state index in [9.17, 15) is 18.9 Å². The summed E-state index contributed by atoms with van der Waals surface area (Å²) in [4.78, 5) is 10.3. The molecule has 0 atom stereocenters. The van der Waals surface area contributed by atoms with Crippen LogP contribution in [0.3, 0.4) is 0 Å². The Labute approximate surface area is 118 Å². The van der Waals surface area contributed by atoms with Gasteiger partial charge >= 0.3 is 0 Å². The number of nitrogens with zero attached hydrogens (tertiary/aromatic N) is 1. The zero-order valence-corrected chi connectivity index (χ0v) is 10.7. The molecule has 0 fully saturated rings. The van der Waals surface area contributed by atoms with Crippen LogP contribution in [0.4, 0.5) is 20.2 Å². The van der Waals surface area contributed by atoms with Crippen LogP contribution in [0.25, 0.3) is 0 Å². The lowest BCUT2D eigenvalue weighted by atomic mass is 10.1. The van der Waals surface area contributed by atoms with Gasteiger partial charge in [0.25, 0.3) is 5.69 Å². The van der Waals surface area contributed by atoms with E-state index in [0.29, 0.717) is 5.56 Å². The van der Waals surface area contributed by atoms with E-state index in [1.165, 1.54) is 18.2 Å². The van der Waals surface area contributed by atoms with Gasteiger partial charge in [-0.15, -0.1) is 0 Å². The van der Waals surface area contributed by atoms with E-state index >= 15 is 0 Å². The van der Waals surface area contributed by atoms with Crippen molar-refractivity contribution in [2.75, 3.05) is 5.43 Å². The summed E-state index contributed by atoms with van der Waals surface area (Å²) in [6.07, 6.45) is 0. The highest BCUT2D eigenvalue weighted by atomic mass is 19.1. The molecule has 8 heteroatoms. The number of nitrogens with one attached hydrogen (secondary N) is 1. The number of nitrogens with two attached hydrogens (primary N) is 1. The standard InChI is InChI=1S/C13H11F2N3O3/c14-9-4-5-10(15)12(6-9)21-7-8-2-1-3-11(18(19)20)13(8)17-16/h1-6,17H,7,16H2. The average Bonchev–Trinajstić information content (AvgIpc) is 2.47. The van der Waals surface area contributed by atoms with Crippen molar-refractivity contribution in [1.29, 1.82) is 0 Å². The van der Waals surface area contributed by atoms with Crippen LogP contribution >= 0.6 is 0 Å². The fourth-order valence-electron chi connectivity index (χ4n) is 1.77. The molecule has 110 valence electrons. The van der Waals surface area contributed by atoms with Crippen LogP contribution in [0.15, 0.2) is 36.4 Å². The summed E-state index contributed by atoms with van der Waals surface area (Å²) in [5.74, 6) is 3.60. The van der Waals surface area contributed by atoms with Crippen LogP contribution in [0.1, 0.15) is 5.56 Å². The monoisotopic (exact) mass is 295 g/mol. The number of hydrazine groups is 1. The smallest absolute Gasteiger partial charge is 0.294 e. The van der Waals surface area contributed by atoms with Gasteiger partial charge in [0.2, 0.25) is 0 Å². The Morgan fingerprint density at radius 2 is 2.05 bits per heavy atom. The van der Waals surface area contributed by atoms with E-state index in [1.54, 1.807) is 0 Å². The van der Waals surface area contributed by atoms with Gasteiger partial charge < -0.3 is 10.2 Å². The van der Waals surface area contributed by atoms with Gasteiger partial charge in [-0.3, -0.25) is 16.0 Å². The first-order valence-corrected chi connectivity index (χ1v) is 5.83. The fourth-order valence-corrected chi connectivity index (χ4v) is 1.77. The van der Waals surface area contributed by atoms with Gasteiger partial charge in [-0.05, 0) is 12.1 Å². The Hall–Kier alpha value is -2.74. The number of nitrogen functional groups attached to an aromatic ring is 1. The van der Waals surface area contributed by atoms with Crippen molar-refractivity contribution >= 4 is 11.4 Å². The molecule has 0 aliphatic carbocycles. The summed E-state index contributed by atoms with van der Waals surface area (Å²) in [6, 6.07) is 7.02. The third-order valence-electron chi connectivity index (χ3n) is 2.75. The first kappa shape index (κ1) is 14.7. The number of hydrogen-bond acceptors (Lipinski definition) is 5. The molecule has 0 amide bonds. The van der Waals surface area contributed by atoms with E-state index in [-0.39, 0.29) is 23.7 Å². The maximum absolute atomic E-state index is 13.4. The molecule has 0 aromatic heterocycles. The van der Waals surface area contributed by atoms with Gasteiger partial charge in [0, 0.05) is 17.7 Å². The number of halogens is 2. The van der Waals surface area contributed by atoms with Crippen molar-refractivity contribution in [3.63, 3.8) is 0 Å². The Morgan fingerprint density at radius 1 is 1.29 bits per heavy atom. The average molecular weight is 295 g/mol. The Morgan fingerprint density at radius 3 is 2.71 bits per heavy atom. The molecule has 3 N–H and O–H groups in total. The maximum atomic E-state index is 13.4. The van der Waals surface area contributed by atoms with Crippen LogP contribution in [0.5, 0.6) is 5.75 Å². The molecule has 0 saturated heterocycles. The van der Waals surface area contributed by atoms with Crippen LogP contribution in [0, 0.1) is 21.7 Å². The molecule has 0 saturated carbocycles. The largest absolute Gasteiger partial charge is 0.486 e. The maximum Gasteiger partial charge on any atom is 0.294 e. The SMILES string of the molecule is NNc1c(COc2cc(F)ccc2F)cccc1[N+](=O)[O-].